The van der Waals surface area contributed by atoms with E-state index < -0.39 is 16.8 Å². The number of hydrogen-bond donors (Lipinski definition) is 3. The van der Waals surface area contributed by atoms with Crippen LogP contribution in [0.1, 0.15) is 17.0 Å². The third-order valence-electron chi connectivity index (χ3n) is 4.62. The first-order chi connectivity index (χ1) is 13.5. The number of H-pyrrole nitrogens is 1. The zero-order valence-corrected chi connectivity index (χ0v) is 14.3. The van der Waals surface area contributed by atoms with Crippen LogP contribution in [0.25, 0.3) is 11.3 Å². The molecule has 1 aromatic heterocycles. The zero-order valence-electron chi connectivity index (χ0n) is 14.3. The normalized spacial score (nSPS) is 18.0. The maximum absolute atomic E-state index is 11.1. The summed E-state index contributed by atoms with van der Waals surface area (Å²) in [4.78, 5) is 10.6. The second-order valence-corrected chi connectivity index (χ2v) is 6.27. The molecule has 28 heavy (non-hydrogen) atoms. The van der Waals surface area contributed by atoms with E-state index in [0.29, 0.717) is 22.4 Å². The second kappa shape index (κ2) is 6.51. The fourth-order valence-corrected chi connectivity index (χ4v) is 3.39. The number of ether oxygens (including phenoxy) is 1. The number of fused-ring (bicyclic) bond motifs is 1. The highest BCUT2D eigenvalue weighted by Crippen LogP contribution is 2.46. The van der Waals surface area contributed by atoms with Crippen LogP contribution in [0.5, 0.6) is 11.6 Å². The van der Waals surface area contributed by atoms with Gasteiger partial charge in [-0.2, -0.15) is 5.26 Å². The SMILES string of the molecule is N#CC1C(=N)Oc2n[nH]c(-c3cccc([N+](=O)[O-])c3)c2C1c1cccc(O)c1. The van der Waals surface area contributed by atoms with Crippen molar-refractivity contribution in [3.8, 4) is 29.0 Å². The molecule has 1 aliphatic rings. The van der Waals surface area contributed by atoms with Gasteiger partial charge in [-0.1, -0.05) is 24.3 Å². The van der Waals surface area contributed by atoms with E-state index in [1.807, 2.05) is 0 Å². The standard InChI is InChI=1S/C19H13N5O4/c20-9-14-15(10-3-2-6-13(25)8-10)16-17(22-23-19(16)28-18(14)21)11-4-1-5-12(7-11)24(26)27/h1-8,14-15,21,25H,(H,22,23). The molecule has 0 radical (unpaired) electrons. The number of hydrogen-bond acceptors (Lipinski definition) is 7. The van der Waals surface area contributed by atoms with Crippen LogP contribution in [0.4, 0.5) is 5.69 Å². The van der Waals surface area contributed by atoms with Crippen LogP contribution in [0, 0.1) is 32.8 Å². The summed E-state index contributed by atoms with van der Waals surface area (Å²) in [6.45, 7) is 0. The molecule has 1 aliphatic heterocycles. The zero-order chi connectivity index (χ0) is 19.8. The van der Waals surface area contributed by atoms with E-state index >= 15 is 0 Å². The molecule has 4 rings (SSSR count). The van der Waals surface area contributed by atoms with E-state index in [2.05, 4.69) is 16.3 Å². The number of aromatic amines is 1. The summed E-state index contributed by atoms with van der Waals surface area (Å²) in [5.74, 6) is -1.67. The molecule has 0 bridgehead atoms. The van der Waals surface area contributed by atoms with Gasteiger partial charge in [0.2, 0.25) is 11.8 Å². The van der Waals surface area contributed by atoms with E-state index in [-0.39, 0.29) is 23.2 Å². The van der Waals surface area contributed by atoms with Crippen LogP contribution in [-0.4, -0.2) is 26.1 Å². The number of nitriles is 1. The number of rotatable bonds is 3. The molecule has 3 aromatic rings. The molecule has 2 heterocycles. The fraction of sp³-hybridized carbons (Fsp3) is 0.105. The summed E-state index contributed by atoms with van der Waals surface area (Å²) >= 11 is 0. The van der Waals surface area contributed by atoms with Gasteiger partial charge in [0, 0.05) is 23.6 Å². The Morgan fingerprint density at radius 3 is 2.79 bits per heavy atom. The van der Waals surface area contributed by atoms with Crippen molar-refractivity contribution in [2.75, 3.05) is 0 Å². The highest BCUT2D eigenvalue weighted by Gasteiger charge is 2.41. The maximum Gasteiger partial charge on any atom is 0.270 e. The van der Waals surface area contributed by atoms with Crippen molar-refractivity contribution in [1.82, 2.24) is 10.2 Å². The number of nitro groups is 1. The number of nitrogens with one attached hydrogen (secondary N) is 2. The van der Waals surface area contributed by atoms with Gasteiger partial charge < -0.3 is 9.84 Å². The average Bonchev–Trinajstić information content (AvgIpc) is 3.10. The molecule has 0 spiro atoms. The van der Waals surface area contributed by atoms with Gasteiger partial charge in [0.15, 0.2) is 0 Å². The number of nitro benzene ring substituents is 1. The lowest BCUT2D eigenvalue weighted by Gasteiger charge is -2.28. The molecule has 138 valence electrons. The van der Waals surface area contributed by atoms with E-state index in [1.165, 1.54) is 24.3 Å². The van der Waals surface area contributed by atoms with Gasteiger partial charge in [-0.05, 0) is 17.7 Å². The molecule has 2 unspecified atom stereocenters. The third-order valence-corrected chi connectivity index (χ3v) is 4.62. The average molecular weight is 375 g/mol. The van der Waals surface area contributed by atoms with Crippen molar-refractivity contribution in [3.05, 3.63) is 69.8 Å². The Morgan fingerprint density at radius 1 is 1.29 bits per heavy atom. The van der Waals surface area contributed by atoms with Crippen molar-refractivity contribution in [3.63, 3.8) is 0 Å². The number of benzene rings is 2. The number of phenolic OH excluding ortho intramolecular Hbond substituents is 1. The lowest BCUT2D eigenvalue weighted by atomic mass is 9.79. The van der Waals surface area contributed by atoms with Gasteiger partial charge in [-0.25, -0.2) is 0 Å². The summed E-state index contributed by atoms with van der Waals surface area (Å²) in [7, 11) is 0. The molecule has 9 nitrogen and oxygen atoms in total. The van der Waals surface area contributed by atoms with Crippen molar-refractivity contribution in [2.24, 2.45) is 5.92 Å². The molecule has 0 saturated heterocycles. The first kappa shape index (κ1) is 17.2. The Hall–Kier alpha value is -4.19. The minimum Gasteiger partial charge on any atom is -0.508 e. The summed E-state index contributed by atoms with van der Waals surface area (Å²) in [5, 5.41) is 45.6. The van der Waals surface area contributed by atoms with Crippen molar-refractivity contribution >= 4 is 11.6 Å². The van der Waals surface area contributed by atoms with Gasteiger partial charge in [-0.3, -0.25) is 20.6 Å². The van der Waals surface area contributed by atoms with Crippen molar-refractivity contribution < 1.29 is 14.8 Å². The van der Waals surface area contributed by atoms with Crippen LogP contribution in [0.2, 0.25) is 0 Å². The second-order valence-electron chi connectivity index (χ2n) is 6.27. The number of aromatic nitrogens is 2. The monoisotopic (exact) mass is 375 g/mol. The van der Waals surface area contributed by atoms with Crippen LogP contribution in [0.15, 0.2) is 48.5 Å². The smallest absolute Gasteiger partial charge is 0.270 e. The third kappa shape index (κ3) is 2.73. The molecule has 0 saturated carbocycles. The Balaban J connectivity index is 1.94. The molecular weight excluding hydrogens is 362 g/mol. The Morgan fingerprint density at radius 2 is 2.07 bits per heavy atom. The summed E-state index contributed by atoms with van der Waals surface area (Å²) in [6, 6.07) is 14.5. The number of aromatic hydroxyl groups is 1. The van der Waals surface area contributed by atoms with Gasteiger partial charge >= 0.3 is 0 Å². The molecule has 3 N–H and O–H groups in total. The highest BCUT2D eigenvalue weighted by atomic mass is 16.6. The molecule has 9 heteroatoms. The molecule has 2 aromatic carbocycles. The van der Waals surface area contributed by atoms with E-state index in [4.69, 9.17) is 10.1 Å². The molecule has 2 atom stereocenters. The van der Waals surface area contributed by atoms with Crippen LogP contribution < -0.4 is 4.74 Å². The van der Waals surface area contributed by atoms with Crippen molar-refractivity contribution in [1.29, 1.82) is 10.7 Å². The van der Waals surface area contributed by atoms with Crippen LogP contribution >= 0.6 is 0 Å². The molecule has 0 aliphatic carbocycles. The number of phenols is 1. The first-order valence-electron chi connectivity index (χ1n) is 8.27. The molecule has 0 fully saturated rings. The summed E-state index contributed by atoms with van der Waals surface area (Å²) in [6.07, 6.45) is 0. The topological polar surface area (TPSA) is 149 Å². The van der Waals surface area contributed by atoms with Gasteiger partial charge in [0.05, 0.1) is 22.2 Å². The highest BCUT2D eigenvalue weighted by molar-refractivity contribution is 5.86. The van der Waals surface area contributed by atoms with Crippen LogP contribution in [-0.2, 0) is 0 Å². The van der Waals surface area contributed by atoms with Gasteiger partial charge in [-0.15, -0.1) is 5.10 Å². The Kier molecular flexibility index (Phi) is 4.01. The van der Waals surface area contributed by atoms with E-state index in [0.717, 1.165) is 0 Å². The van der Waals surface area contributed by atoms with Gasteiger partial charge in [0.25, 0.3) is 5.69 Å². The molecule has 0 amide bonds. The number of nitrogens with zero attached hydrogens (tertiary/aromatic N) is 3. The summed E-state index contributed by atoms with van der Waals surface area (Å²) < 4.78 is 5.42. The largest absolute Gasteiger partial charge is 0.508 e. The molecular formula is C19H13N5O4. The Bertz CT molecular complexity index is 1150. The minimum absolute atomic E-state index is 0.0224. The lowest BCUT2D eigenvalue weighted by Crippen LogP contribution is -2.30. The minimum atomic E-state index is -0.940. The quantitative estimate of drug-likeness (QED) is 0.472. The lowest BCUT2D eigenvalue weighted by molar-refractivity contribution is -0.384. The fourth-order valence-electron chi connectivity index (χ4n) is 3.39. The van der Waals surface area contributed by atoms with E-state index in [1.54, 1.807) is 24.3 Å². The predicted octanol–water partition coefficient (Wildman–Crippen LogP) is 3.33. The Labute approximate surface area is 158 Å². The van der Waals surface area contributed by atoms with Crippen LogP contribution in [0.3, 0.4) is 0 Å². The maximum atomic E-state index is 11.1. The predicted molar refractivity (Wildman–Crippen MR) is 98.1 cm³/mol. The summed E-state index contributed by atoms with van der Waals surface area (Å²) in [5.41, 5.74) is 1.99. The van der Waals surface area contributed by atoms with Gasteiger partial charge in [0.1, 0.15) is 11.7 Å². The van der Waals surface area contributed by atoms with Crippen molar-refractivity contribution in [2.45, 2.75) is 5.92 Å². The van der Waals surface area contributed by atoms with E-state index in [9.17, 15) is 20.5 Å². The first-order valence-corrected chi connectivity index (χ1v) is 8.27. The number of non-ortho nitro benzene ring substituents is 1.